The van der Waals surface area contributed by atoms with E-state index in [4.69, 9.17) is 0 Å². The molecule has 2 N–H and O–H groups in total. The molecule has 0 aliphatic heterocycles. The lowest BCUT2D eigenvalue weighted by atomic mass is 10.2. The Bertz CT molecular complexity index is 1040. The van der Waals surface area contributed by atoms with Crippen LogP contribution in [0.25, 0.3) is 10.9 Å². The summed E-state index contributed by atoms with van der Waals surface area (Å²) in [4.78, 5) is 14.3. The Morgan fingerprint density at radius 3 is 2.40 bits per heavy atom. The number of aromatic amines is 1. The number of carboxylic acid groups (broad SMARTS) is 1. The molecule has 0 spiro atoms. The minimum absolute atomic E-state index is 0.0100. The van der Waals surface area contributed by atoms with Gasteiger partial charge in [-0.25, -0.2) is 8.42 Å². The van der Waals surface area contributed by atoms with Crippen molar-refractivity contribution < 1.29 is 18.3 Å². The minimum atomic E-state index is -4.06. The summed E-state index contributed by atoms with van der Waals surface area (Å²) in [6.45, 7) is -0.678. The summed E-state index contributed by atoms with van der Waals surface area (Å²) in [6, 6.07) is 11.3. The fourth-order valence-electron chi connectivity index (χ4n) is 2.44. The normalized spacial score (nSPS) is 11.6. The highest BCUT2D eigenvalue weighted by Gasteiger charge is 2.28. The number of carboxylic acids is 1. The number of carbonyl (C=O) groups is 1. The van der Waals surface area contributed by atoms with E-state index in [1.54, 1.807) is 36.5 Å². The molecule has 130 valence electrons. The van der Waals surface area contributed by atoms with Gasteiger partial charge in [-0.05, 0) is 42.5 Å². The maximum Gasteiger partial charge on any atom is 0.324 e. The zero-order valence-corrected chi connectivity index (χ0v) is 16.6. The molecule has 0 amide bonds. The van der Waals surface area contributed by atoms with E-state index in [1.165, 1.54) is 12.1 Å². The largest absolute Gasteiger partial charge is 0.480 e. The summed E-state index contributed by atoms with van der Waals surface area (Å²) in [5.74, 6) is -1.24. The first-order valence-electron chi connectivity index (χ1n) is 7.05. The molecule has 0 atom stereocenters. The summed E-state index contributed by atoms with van der Waals surface area (Å²) < 4.78 is 28.1. The molecule has 0 saturated carbocycles. The molecule has 0 aliphatic carbocycles. The zero-order valence-electron chi connectivity index (χ0n) is 12.6. The predicted molar refractivity (Wildman–Crippen MR) is 102 cm³/mol. The number of fused-ring (bicyclic) bond motifs is 1. The molecular formula is C16H12Br2N2O4S. The Morgan fingerprint density at radius 1 is 1.08 bits per heavy atom. The van der Waals surface area contributed by atoms with Crippen LogP contribution in [-0.2, 0) is 14.8 Å². The van der Waals surface area contributed by atoms with Gasteiger partial charge < -0.3 is 10.1 Å². The van der Waals surface area contributed by atoms with E-state index in [-0.39, 0.29) is 10.6 Å². The molecule has 25 heavy (non-hydrogen) atoms. The third kappa shape index (κ3) is 3.73. The van der Waals surface area contributed by atoms with E-state index in [2.05, 4.69) is 36.8 Å². The second-order valence-corrected chi connectivity index (χ2v) is 8.95. The highest BCUT2D eigenvalue weighted by molar-refractivity contribution is 9.11. The summed E-state index contributed by atoms with van der Waals surface area (Å²) in [5, 5.41) is 10.00. The fraction of sp³-hybridized carbons (Fsp3) is 0.0625. The van der Waals surface area contributed by atoms with Crippen LogP contribution >= 0.6 is 31.9 Å². The third-order valence-corrected chi connectivity index (χ3v) is 6.20. The second-order valence-electron chi connectivity index (χ2n) is 5.26. The van der Waals surface area contributed by atoms with Gasteiger partial charge in [0.15, 0.2) is 0 Å². The first-order valence-corrected chi connectivity index (χ1v) is 10.1. The lowest BCUT2D eigenvalue weighted by Crippen LogP contribution is -2.35. The van der Waals surface area contributed by atoms with Gasteiger partial charge in [0.25, 0.3) is 10.0 Å². The van der Waals surface area contributed by atoms with Crippen molar-refractivity contribution in [3.8, 4) is 0 Å². The van der Waals surface area contributed by atoms with Gasteiger partial charge in [0.2, 0.25) is 0 Å². The van der Waals surface area contributed by atoms with Crippen LogP contribution in [0.5, 0.6) is 0 Å². The summed E-state index contributed by atoms with van der Waals surface area (Å²) in [7, 11) is -4.06. The molecule has 0 saturated heterocycles. The number of rotatable bonds is 5. The van der Waals surface area contributed by atoms with Crippen LogP contribution in [0.4, 0.5) is 5.69 Å². The van der Waals surface area contributed by atoms with Crippen molar-refractivity contribution in [3.05, 3.63) is 57.6 Å². The summed E-state index contributed by atoms with van der Waals surface area (Å²) in [6.07, 6.45) is 1.73. The lowest BCUT2D eigenvalue weighted by Gasteiger charge is -2.23. The Labute approximate surface area is 160 Å². The number of hydrogen-bond donors (Lipinski definition) is 2. The van der Waals surface area contributed by atoms with Crippen molar-refractivity contribution in [3.63, 3.8) is 0 Å². The number of aromatic nitrogens is 1. The molecule has 0 fully saturated rings. The smallest absolute Gasteiger partial charge is 0.324 e. The van der Waals surface area contributed by atoms with Gasteiger partial charge in [-0.15, -0.1) is 0 Å². The number of H-pyrrole nitrogens is 1. The van der Waals surface area contributed by atoms with E-state index >= 15 is 0 Å². The molecule has 6 nitrogen and oxygen atoms in total. The second kappa shape index (κ2) is 6.81. The Balaban J connectivity index is 2.15. The highest BCUT2D eigenvalue weighted by Crippen LogP contribution is 2.30. The monoisotopic (exact) mass is 486 g/mol. The van der Waals surface area contributed by atoms with Gasteiger partial charge in [0.1, 0.15) is 6.54 Å². The first kappa shape index (κ1) is 18.0. The standard InChI is InChI=1S/C16H12Br2N2O4S/c17-11-6-12(18)8-14(7-11)25(23,24)20(9-16(21)22)13-1-2-15-10(5-13)3-4-19-15/h1-8,19H,9H2,(H,21,22). The lowest BCUT2D eigenvalue weighted by molar-refractivity contribution is -0.135. The van der Waals surface area contributed by atoms with Crippen molar-refractivity contribution in [2.24, 2.45) is 0 Å². The topological polar surface area (TPSA) is 90.5 Å². The summed E-state index contributed by atoms with van der Waals surface area (Å²) in [5.41, 5.74) is 1.12. The minimum Gasteiger partial charge on any atom is -0.480 e. The molecule has 0 aliphatic rings. The van der Waals surface area contributed by atoms with Gasteiger partial charge in [-0.3, -0.25) is 9.10 Å². The molecule has 2 aromatic carbocycles. The van der Waals surface area contributed by atoms with Crippen LogP contribution in [-0.4, -0.2) is 31.0 Å². The van der Waals surface area contributed by atoms with E-state index in [1.807, 2.05) is 0 Å². The predicted octanol–water partition coefficient (Wildman–Crippen LogP) is 3.97. The van der Waals surface area contributed by atoms with E-state index in [0.717, 1.165) is 15.2 Å². The van der Waals surface area contributed by atoms with Gasteiger partial charge in [-0.1, -0.05) is 31.9 Å². The quantitative estimate of drug-likeness (QED) is 0.569. The van der Waals surface area contributed by atoms with Crippen molar-refractivity contribution >= 4 is 64.4 Å². The Hall–Kier alpha value is -1.84. The van der Waals surface area contributed by atoms with Gasteiger partial charge >= 0.3 is 5.97 Å². The number of halogens is 2. The summed E-state index contributed by atoms with van der Waals surface area (Å²) >= 11 is 6.51. The number of nitrogens with one attached hydrogen (secondary N) is 1. The van der Waals surface area contributed by atoms with Crippen LogP contribution in [0.1, 0.15) is 0 Å². The molecule has 0 unspecified atom stereocenters. The van der Waals surface area contributed by atoms with Crippen molar-refractivity contribution in [2.45, 2.75) is 4.90 Å². The van der Waals surface area contributed by atoms with Gasteiger partial charge in [-0.2, -0.15) is 0 Å². The SMILES string of the molecule is O=C(O)CN(c1ccc2[nH]ccc2c1)S(=O)(=O)c1cc(Br)cc(Br)c1. The Morgan fingerprint density at radius 2 is 1.76 bits per heavy atom. The van der Waals surface area contributed by atoms with Crippen LogP contribution in [0, 0.1) is 0 Å². The van der Waals surface area contributed by atoms with Crippen molar-refractivity contribution in [1.29, 1.82) is 0 Å². The number of aliphatic carboxylic acids is 1. The Kier molecular flexibility index (Phi) is 4.90. The molecular weight excluding hydrogens is 476 g/mol. The van der Waals surface area contributed by atoms with Crippen LogP contribution in [0.15, 0.2) is 62.5 Å². The molecule has 1 aromatic heterocycles. The number of benzene rings is 2. The number of nitrogens with zero attached hydrogens (tertiary/aromatic N) is 1. The van der Waals surface area contributed by atoms with E-state index < -0.39 is 22.5 Å². The average Bonchev–Trinajstić information content (AvgIpc) is 2.98. The maximum atomic E-state index is 13.1. The van der Waals surface area contributed by atoms with Gasteiger partial charge in [0.05, 0.1) is 10.6 Å². The van der Waals surface area contributed by atoms with Crippen LogP contribution < -0.4 is 4.31 Å². The zero-order chi connectivity index (χ0) is 18.2. The van der Waals surface area contributed by atoms with Crippen molar-refractivity contribution in [2.75, 3.05) is 10.8 Å². The first-order chi connectivity index (χ1) is 11.8. The molecule has 0 radical (unpaired) electrons. The maximum absolute atomic E-state index is 13.1. The van der Waals surface area contributed by atoms with Crippen LogP contribution in [0.3, 0.4) is 0 Å². The van der Waals surface area contributed by atoms with E-state index in [9.17, 15) is 18.3 Å². The number of sulfonamides is 1. The van der Waals surface area contributed by atoms with Gasteiger partial charge in [0, 0.05) is 26.0 Å². The average molecular weight is 488 g/mol. The molecule has 0 bridgehead atoms. The molecule has 3 aromatic rings. The highest BCUT2D eigenvalue weighted by atomic mass is 79.9. The number of hydrogen-bond acceptors (Lipinski definition) is 3. The van der Waals surface area contributed by atoms with Crippen molar-refractivity contribution in [1.82, 2.24) is 4.98 Å². The molecule has 9 heteroatoms. The molecule has 1 heterocycles. The molecule has 3 rings (SSSR count). The third-order valence-electron chi connectivity index (χ3n) is 3.53. The fourth-order valence-corrected chi connectivity index (χ4v) is 5.51. The number of anilines is 1. The van der Waals surface area contributed by atoms with E-state index in [0.29, 0.717) is 8.95 Å². The van der Waals surface area contributed by atoms with Crippen LogP contribution in [0.2, 0.25) is 0 Å².